The molecular weight excluding hydrogens is 336 g/mol. The Bertz CT molecular complexity index is 716. The fraction of sp³-hybridized carbons (Fsp3) is 0.500. The highest BCUT2D eigenvalue weighted by Gasteiger charge is 2.29. The molecule has 132 valence electrons. The van der Waals surface area contributed by atoms with Crippen molar-refractivity contribution in [2.45, 2.75) is 31.8 Å². The summed E-state index contributed by atoms with van der Waals surface area (Å²) >= 11 is 1.54. The van der Waals surface area contributed by atoms with Gasteiger partial charge in [0, 0.05) is 37.5 Å². The Hall–Kier alpha value is -2.15. The summed E-state index contributed by atoms with van der Waals surface area (Å²) in [6.45, 7) is 3.42. The van der Waals surface area contributed by atoms with E-state index < -0.39 is 0 Å². The molecule has 0 bridgehead atoms. The SMILES string of the molecule is O=C(c1ccsc1)N1CC[C@H](Oc2cc(N3CCCCC3)ncn2)C1. The highest BCUT2D eigenvalue weighted by atomic mass is 32.1. The first-order valence-electron chi connectivity index (χ1n) is 8.85. The molecule has 25 heavy (non-hydrogen) atoms. The second-order valence-electron chi connectivity index (χ2n) is 6.55. The van der Waals surface area contributed by atoms with Crippen LogP contribution in [-0.4, -0.2) is 53.1 Å². The second kappa shape index (κ2) is 7.39. The van der Waals surface area contributed by atoms with Crippen molar-refractivity contribution in [1.29, 1.82) is 0 Å². The highest BCUT2D eigenvalue weighted by Crippen LogP contribution is 2.23. The summed E-state index contributed by atoms with van der Waals surface area (Å²) in [7, 11) is 0. The van der Waals surface area contributed by atoms with Crippen molar-refractivity contribution in [2.75, 3.05) is 31.1 Å². The fourth-order valence-electron chi connectivity index (χ4n) is 3.44. The van der Waals surface area contributed by atoms with E-state index in [9.17, 15) is 4.79 Å². The molecule has 2 aliphatic heterocycles. The predicted octanol–water partition coefficient (Wildman–Crippen LogP) is 2.82. The van der Waals surface area contributed by atoms with Gasteiger partial charge in [-0.15, -0.1) is 0 Å². The minimum atomic E-state index is -0.00769. The average molecular weight is 358 g/mol. The molecule has 0 aromatic carbocycles. The van der Waals surface area contributed by atoms with Crippen LogP contribution in [0.5, 0.6) is 5.88 Å². The minimum Gasteiger partial charge on any atom is -0.472 e. The molecule has 0 N–H and O–H groups in total. The van der Waals surface area contributed by atoms with E-state index in [1.807, 2.05) is 27.8 Å². The highest BCUT2D eigenvalue weighted by molar-refractivity contribution is 7.08. The number of aromatic nitrogens is 2. The van der Waals surface area contributed by atoms with Crippen LogP contribution in [0.4, 0.5) is 5.82 Å². The van der Waals surface area contributed by atoms with Crippen molar-refractivity contribution < 1.29 is 9.53 Å². The Morgan fingerprint density at radius 3 is 2.88 bits per heavy atom. The largest absolute Gasteiger partial charge is 0.472 e. The summed E-state index contributed by atoms with van der Waals surface area (Å²) < 4.78 is 6.04. The fourth-order valence-corrected chi connectivity index (χ4v) is 4.07. The quantitative estimate of drug-likeness (QED) is 0.841. The van der Waals surface area contributed by atoms with Crippen LogP contribution in [0.25, 0.3) is 0 Å². The van der Waals surface area contributed by atoms with Gasteiger partial charge in [0.15, 0.2) is 0 Å². The molecule has 0 unspecified atom stereocenters. The number of likely N-dealkylation sites (tertiary alicyclic amines) is 1. The monoisotopic (exact) mass is 358 g/mol. The van der Waals surface area contributed by atoms with Crippen LogP contribution in [-0.2, 0) is 0 Å². The number of hydrogen-bond acceptors (Lipinski definition) is 6. The molecule has 1 atom stereocenters. The molecule has 6 nitrogen and oxygen atoms in total. The topological polar surface area (TPSA) is 58.6 Å². The molecule has 4 rings (SSSR count). The standard InChI is InChI=1S/C18H22N4O2S/c23-18(14-5-9-25-12-14)22-8-4-15(11-22)24-17-10-16(19-13-20-17)21-6-2-1-3-7-21/h5,9-10,12-13,15H,1-4,6-8,11H2/t15-/m0/s1. The number of nitrogens with zero attached hydrogens (tertiary/aromatic N) is 4. The predicted molar refractivity (Wildman–Crippen MR) is 97.4 cm³/mol. The lowest BCUT2D eigenvalue weighted by atomic mass is 10.1. The van der Waals surface area contributed by atoms with E-state index in [1.54, 1.807) is 17.7 Å². The summed E-state index contributed by atoms with van der Waals surface area (Å²) in [4.78, 5) is 25.2. The third-order valence-corrected chi connectivity index (χ3v) is 5.48. The Labute approximate surface area is 151 Å². The normalized spacial score (nSPS) is 20.7. The van der Waals surface area contributed by atoms with Gasteiger partial charge in [-0.05, 0) is 30.7 Å². The third-order valence-electron chi connectivity index (χ3n) is 4.80. The van der Waals surface area contributed by atoms with Crippen molar-refractivity contribution in [1.82, 2.24) is 14.9 Å². The van der Waals surface area contributed by atoms with Gasteiger partial charge >= 0.3 is 0 Å². The Balaban J connectivity index is 1.37. The van der Waals surface area contributed by atoms with Crippen LogP contribution >= 0.6 is 11.3 Å². The van der Waals surface area contributed by atoms with Crippen LogP contribution in [0.1, 0.15) is 36.0 Å². The summed E-state index contributed by atoms with van der Waals surface area (Å²) in [6.07, 6.45) is 6.11. The van der Waals surface area contributed by atoms with Crippen LogP contribution in [0.15, 0.2) is 29.2 Å². The zero-order valence-corrected chi connectivity index (χ0v) is 15.0. The molecule has 2 fully saturated rings. The third kappa shape index (κ3) is 3.76. The Kier molecular flexibility index (Phi) is 4.83. The summed E-state index contributed by atoms with van der Waals surface area (Å²) in [5, 5.41) is 3.83. The molecule has 2 saturated heterocycles. The lowest BCUT2D eigenvalue weighted by molar-refractivity contribution is 0.0771. The molecule has 2 aliphatic rings. The number of amides is 1. The van der Waals surface area contributed by atoms with Crippen molar-refractivity contribution in [3.63, 3.8) is 0 Å². The molecule has 2 aromatic rings. The minimum absolute atomic E-state index is 0.00769. The van der Waals surface area contributed by atoms with Gasteiger partial charge < -0.3 is 14.5 Å². The van der Waals surface area contributed by atoms with E-state index in [-0.39, 0.29) is 12.0 Å². The summed E-state index contributed by atoms with van der Waals surface area (Å²) in [5.74, 6) is 1.63. The second-order valence-corrected chi connectivity index (χ2v) is 7.33. The molecule has 1 amide bonds. The maximum absolute atomic E-state index is 12.4. The maximum Gasteiger partial charge on any atom is 0.254 e. The van der Waals surface area contributed by atoms with Gasteiger partial charge in [-0.25, -0.2) is 9.97 Å². The van der Waals surface area contributed by atoms with Crippen molar-refractivity contribution >= 4 is 23.1 Å². The van der Waals surface area contributed by atoms with Crippen molar-refractivity contribution in [3.05, 3.63) is 34.8 Å². The first-order valence-corrected chi connectivity index (χ1v) is 9.79. The number of ether oxygens (including phenoxy) is 1. The lowest BCUT2D eigenvalue weighted by Crippen LogP contribution is -2.31. The molecule has 4 heterocycles. The zero-order chi connectivity index (χ0) is 17.1. The van der Waals surface area contributed by atoms with Crippen LogP contribution in [0.2, 0.25) is 0 Å². The number of piperidine rings is 1. The van der Waals surface area contributed by atoms with Crippen LogP contribution < -0.4 is 9.64 Å². The molecule has 0 saturated carbocycles. The number of hydrogen-bond donors (Lipinski definition) is 0. The summed E-state index contributed by atoms with van der Waals surface area (Å²) in [6, 6.07) is 3.80. The van der Waals surface area contributed by atoms with E-state index in [0.29, 0.717) is 12.4 Å². The first kappa shape index (κ1) is 16.3. The number of anilines is 1. The lowest BCUT2D eigenvalue weighted by Gasteiger charge is -2.27. The van der Waals surface area contributed by atoms with Gasteiger partial charge in [-0.3, -0.25) is 4.79 Å². The van der Waals surface area contributed by atoms with Crippen LogP contribution in [0.3, 0.4) is 0 Å². The smallest absolute Gasteiger partial charge is 0.254 e. The summed E-state index contributed by atoms with van der Waals surface area (Å²) in [5.41, 5.74) is 0.764. The van der Waals surface area contributed by atoms with E-state index in [4.69, 9.17) is 4.74 Å². The van der Waals surface area contributed by atoms with Crippen molar-refractivity contribution in [2.24, 2.45) is 0 Å². The molecule has 7 heteroatoms. The Morgan fingerprint density at radius 2 is 2.08 bits per heavy atom. The van der Waals surface area contributed by atoms with Gasteiger partial charge in [0.1, 0.15) is 18.2 Å². The van der Waals surface area contributed by atoms with E-state index in [0.717, 1.165) is 37.4 Å². The van der Waals surface area contributed by atoms with Gasteiger partial charge in [0.25, 0.3) is 5.91 Å². The van der Waals surface area contributed by atoms with Gasteiger partial charge in [0.05, 0.1) is 12.1 Å². The van der Waals surface area contributed by atoms with Gasteiger partial charge in [0.2, 0.25) is 5.88 Å². The van der Waals surface area contributed by atoms with E-state index >= 15 is 0 Å². The molecule has 0 aliphatic carbocycles. The first-order chi connectivity index (χ1) is 12.3. The zero-order valence-electron chi connectivity index (χ0n) is 14.1. The van der Waals surface area contributed by atoms with E-state index in [1.165, 1.54) is 19.3 Å². The van der Waals surface area contributed by atoms with E-state index in [2.05, 4.69) is 14.9 Å². The number of carbonyl (C=O) groups excluding carboxylic acids is 1. The van der Waals surface area contributed by atoms with Gasteiger partial charge in [-0.2, -0.15) is 11.3 Å². The van der Waals surface area contributed by atoms with Gasteiger partial charge in [-0.1, -0.05) is 0 Å². The molecule has 0 radical (unpaired) electrons. The average Bonchev–Trinajstić information content (AvgIpc) is 3.34. The molecule has 2 aromatic heterocycles. The number of thiophene rings is 1. The maximum atomic E-state index is 12.4. The molecule has 0 spiro atoms. The molecular formula is C18H22N4O2S. The van der Waals surface area contributed by atoms with Crippen molar-refractivity contribution in [3.8, 4) is 5.88 Å². The number of carbonyl (C=O) groups is 1. The van der Waals surface area contributed by atoms with Crippen LogP contribution in [0, 0.1) is 0 Å². The number of rotatable bonds is 4. The Morgan fingerprint density at radius 1 is 1.20 bits per heavy atom.